The molecule has 0 radical (unpaired) electrons. The summed E-state index contributed by atoms with van der Waals surface area (Å²) in [6.07, 6.45) is -1.13. The summed E-state index contributed by atoms with van der Waals surface area (Å²) in [6, 6.07) is 17.4. The highest BCUT2D eigenvalue weighted by atomic mass is 17.2. The molecule has 2 atom stereocenters. The van der Waals surface area contributed by atoms with E-state index in [0.717, 1.165) is 0 Å². The minimum absolute atomic E-state index is 0.107. The van der Waals surface area contributed by atoms with Crippen LogP contribution in [0.25, 0.3) is 0 Å². The molecule has 0 aliphatic carbocycles. The molecule has 2 unspecified atom stereocenters. The first-order valence-electron chi connectivity index (χ1n) is 9.27. The Labute approximate surface area is 165 Å². The van der Waals surface area contributed by atoms with Crippen molar-refractivity contribution >= 4 is 5.97 Å². The van der Waals surface area contributed by atoms with Crippen LogP contribution in [0.5, 0.6) is 11.5 Å². The molecule has 0 heterocycles. The predicted molar refractivity (Wildman–Crippen MR) is 105 cm³/mol. The summed E-state index contributed by atoms with van der Waals surface area (Å²) >= 11 is 0. The summed E-state index contributed by atoms with van der Waals surface area (Å²) in [6.45, 7) is 7.21. The van der Waals surface area contributed by atoms with Gasteiger partial charge < -0.3 is 14.6 Å². The lowest BCUT2D eigenvalue weighted by molar-refractivity contribution is -0.241. The molecular weight excluding hydrogens is 360 g/mol. The van der Waals surface area contributed by atoms with Crippen molar-refractivity contribution in [1.29, 1.82) is 0 Å². The second-order valence-electron chi connectivity index (χ2n) is 7.36. The van der Waals surface area contributed by atoms with E-state index in [0.29, 0.717) is 11.5 Å². The number of benzene rings is 2. The second-order valence-corrected chi connectivity index (χ2v) is 7.36. The van der Waals surface area contributed by atoms with E-state index in [9.17, 15) is 9.90 Å². The van der Waals surface area contributed by atoms with E-state index in [2.05, 4.69) is 0 Å². The van der Waals surface area contributed by atoms with Crippen LogP contribution in [0.2, 0.25) is 0 Å². The van der Waals surface area contributed by atoms with Crippen molar-refractivity contribution in [2.75, 3.05) is 6.61 Å². The van der Waals surface area contributed by atoms with E-state index in [-0.39, 0.29) is 13.0 Å². The van der Waals surface area contributed by atoms with E-state index >= 15 is 0 Å². The van der Waals surface area contributed by atoms with Crippen LogP contribution in [0.15, 0.2) is 60.7 Å². The van der Waals surface area contributed by atoms with Gasteiger partial charge in [-0.2, -0.15) is 0 Å². The monoisotopic (exact) mass is 388 g/mol. The quantitative estimate of drug-likeness (QED) is 0.518. The molecule has 0 fully saturated rings. The highest BCUT2D eigenvalue weighted by Gasteiger charge is 2.50. The fourth-order valence-corrected chi connectivity index (χ4v) is 2.49. The highest BCUT2D eigenvalue weighted by Crippen LogP contribution is 2.28. The number of carbonyl (C=O) groups is 1. The van der Waals surface area contributed by atoms with Crippen molar-refractivity contribution in [1.82, 2.24) is 0 Å². The molecule has 0 aliphatic rings. The Bertz CT molecular complexity index is 726. The van der Waals surface area contributed by atoms with Gasteiger partial charge in [0, 0.05) is 0 Å². The van der Waals surface area contributed by atoms with Crippen LogP contribution >= 0.6 is 0 Å². The molecule has 0 saturated heterocycles. The Hall–Kier alpha value is -2.57. The van der Waals surface area contributed by atoms with Crippen LogP contribution in [0.4, 0.5) is 0 Å². The van der Waals surface area contributed by atoms with Crippen molar-refractivity contribution in [2.24, 2.45) is 0 Å². The minimum atomic E-state index is -1.69. The van der Waals surface area contributed by atoms with Crippen molar-refractivity contribution in [3.63, 3.8) is 0 Å². The zero-order valence-electron chi connectivity index (χ0n) is 16.8. The molecule has 2 aromatic rings. The molecule has 0 bridgehead atoms. The average molecular weight is 388 g/mol. The number of aliphatic hydroxyl groups is 1. The highest BCUT2D eigenvalue weighted by molar-refractivity contribution is 5.80. The molecule has 0 spiro atoms. The standard InChI is InChI=1S/C22H28O6/c1-5-22(19(23)16-25-21(2,3)4,26-17-12-8-6-9-13-17)20(24)28-27-18-14-10-7-11-15-18/h6-15,19,23H,5,16H2,1-4H3. The Morgan fingerprint density at radius 3 is 2.00 bits per heavy atom. The predicted octanol–water partition coefficient (Wildman–Crippen LogP) is 3.93. The number of rotatable bonds is 9. The van der Waals surface area contributed by atoms with E-state index in [1.54, 1.807) is 55.5 Å². The Balaban J connectivity index is 2.23. The molecule has 152 valence electrons. The van der Waals surface area contributed by atoms with Crippen LogP contribution in [-0.2, 0) is 14.4 Å². The third-order valence-corrected chi connectivity index (χ3v) is 4.08. The second kappa shape index (κ2) is 9.57. The van der Waals surface area contributed by atoms with E-state index in [1.807, 2.05) is 32.9 Å². The summed E-state index contributed by atoms with van der Waals surface area (Å²) in [5, 5.41) is 10.8. The summed E-state index contributed by atoms with van der Waals surface area (Å²) in [4.78, 5) is 23.1. The Kier molecular flexibility index (Phi) is 7.43. The first kappa shape index (κ1) is 21.7. The molecule has 0 aliphatic heterocycles. The number of ether oxygens (including phenoxy) is 2. The van der Waals surface area contributed by atoms with Crippen molar-refractivity contribution in [2.45, 2.75) is 51.4 Å². The maximum Gasteiger partial charge on any atom is 0.401 e. The van der Waals surface area contributed by atoms with Gasteiger partial charge in [0.15, 0.2) is 5.75 Å². The van der Waals surface area contributed by atoms with Gasteiger partial charge in [-0.05, 0) is 51.5 Å². The summed E-state index contributed by atoms with van der Waals surface area (Å²) in [7, 11) is 0. The molecule has 0 saturated carbocycles. The van der Waals surface area contributed by atoms with Crippen LogP contribution in [-0.4, -0.2) is 35.0 Å². The van der Waals surface area contributed by atoms with Crippen molar-refractivity contribution in [3.05, 3.63) is 60.7 Å². The van der Waals surface area contributed by atoms with E-state index < -0.39 is 23.3 Å². The zero-order chi connectivity index (χ0) is 20.6. The topological polar surface area (TPSA) is 74.2 Å². The molecule has 6 nitrogen and oxygen atoms in total. The van der Waals surface area contributed by atoms with Gasteiger partial charge in [0.05, 0.1) is 12.2 Å². The van der Waals surface area contributed by atoms with Gasteiger partial charge in [-0.25, -0.2) is 9.68 Å². The number of carbonyl (C=O) groups excluding carboxylic acids is 1. The maximum atomic E-state index is 13.0. The Morgan fingerprint density at radius 2 is 1.50 bits per heavy atom. The summed E-state index contributed by atoms with van der Waals surface area (Å²) in [5.41, 5.74) is -2.18. The zero-order valence-corrected chi connectivity index (χ0v) is 16.8. The van der Waals surface area contributed by atoms with Gasteiger partial charge in [0.25, 0.3) is 0 Å². The molecular formula is C22H28O6. The van der Waals surface area contributed by atoms with Gasteiger partial charge in [-0.3, -0.25) is 4.89 Å². The van der Waals surface area contributed by atoms with E-state index in [1.165, 1.54) is 0 Å². The van der Waals surface area contributed by atoms with Gasteiger partial charge in [-0.1, -0.05) is 43.3 Å². The molecule has 2 aromatic carbocycles. The van der Waals surface area contributed by atoms with E-state index in [4.69, 9.17) is 19.2 Å². The van der Waals surface area contributed by atoms with Crippen LogP contribution in [0.1, 0.15) is 34.1 Å². The third kappa shape index (κ3) is 5.97. The first-order chi connectivity index (χ1) is 13.3. The fourth-order valence-electron chi connectivity index (χ4n) is 2.49. The fraction of sp³-hybridized carbons (Fsp3) is 0.409. The molecule has 0 amide bonds. The largest absolute Gasteiger partial charge is 0.473 e. The molecule has 6 heteroatoms. The van der Waals surface area contributed by atoms with Gasteiger partial charge >= 0.3 is 5.97 Å². The van der Waals surface area contributed by atoms with Crippen molar-refractivity contribution in [3.8, 4) is 11.5 Å². The summed E-state index contributed by atoms with van der Waals surface area (Å²) in [5.74, 6) is -0.0514. The van der Waals surface area contributed by atoms with Gasteiger partial charge in [0.1, 0.15) is 11.9 Å². The first-order valence-corrected chi connectivity index (χ1v) is 9.27. The lowest BCUT2D eigenvalue weighted by Crippen LogP contribution is -2.57. The Morgan fingerprint density at radius 1 is 0.964 bits per heavy atom. The molecule has 1 N–H and O–H groups in total. The van der Waals surface area contributed by atoms with Gasteiger partial charge in [-0.15, -0.1) is 0 Å². The number of hydrogen-bond acceptors (Lipinski definition) is 6. The molecule has 28 heavy (non-hydrogen) atoms. The average Bonchev–Trinajstić information content (AvgIpc) is 2.69. The summed E-state index contributed by atoms with van der Waals surface area (Å²) < 4.78 is 11.6. The molecule has 2 rings (SSSR count). The number of para-hydroxylation sites is 2. The normalized spacial score (nSPS) is 14.6. The lowest BCUT2D eigenvalue weighted by Gasteiger charge is -2.35. The van der Waals surface area contributed by atoms with Gasteiger partial charge in [0.2, 0.25) is 5.60 Å². The minimum Gasteiger partial charge on any atom is -0.473 e. The third-order valence-electron chi connectivity index (χ3n) is 4.08. The SMILES string of the molecule is CCC(Oc1ccccc1)(C(=O)OOc1ccccc1)C(O)COC(C)(C)C. The van der Waals surface area contributed by atoms with Crippen LogP contribution < -0.4 is 9.62 Å². The van der Waals surface area contributed by atoms with Crippen LogP contribution in [0, 0.1) is 0 Å². The smallest absolute Gasteiger partial charge is 0.401 e. The van der Waals surface area contributed by atoms with Crippen molar-refractivity contribution < 1.29 is 29.1 Å². The maximum absolute atomic E-state index is 13.0. The van der Waals surface area contributed by atoms with Crippen LogP contribution in [0.3, 0.4) is 0 Å². The number of hydrogen-bond donors (Lipinski definition) is 1. The number of aliphatic hydroxyl groups excluding tert-OH is 1. The lowest BCUT2D eigenvalue weighted by atomic mass is 9.93. The molecule has 0 aromatic heterocycles.